The van der Waals surface area contributed by atoms with Gasteiger partial charge in [-0.05, 0) is 89.9 Å². The van der Waals surface area contributed by atoms with Crippen molar-refractivity contribution in [3.63, 3.8) is 0 Å². The number of unbranched alkanes of at least 4 members (excludes halogenated alkanes) is 30. The number of hydrogen-bond acceptors (Lipinski definition) is 5. The van der Waals surface area contributed by atoms with Gasteiger partial charge in [0.15, 0.2) is 0 Å². The number of esters is 1. The van der Waals surface area contributed by atoms with Gasteiger partial charge in [-0.15, -0.1) is 0 Å². The summed E-state index contributed by atoms with van der Waals surface area (Å²) in [6.45, 7) is 4.86. The molecule has 0 heterocycles. The van der Waals surface area contributed by atoms with Gasteiger partial charge in [-0.2, -0.15) is 0 Å². The van der Waals surface area contributed by atoms with Gasteiger partial charge in [0.1, 0.15) is 0 Å². The fourth-order valence-corrected chi connectivity index (χ4v) is 7.66. The number of nitrogens with one attached hydrogen (secondary N) is 1. The highest BCUT2D eigenvalue weighted by molar-refractivity contribution is 5.76. The highest BCUT2D eigenvalue weighted by atomic mass is 16.5. The Morgan fingerprint density at radius 3 is 1.32 bits per heavy atom. The van der Waals surface area contributed by atoms with E-state index in [0.29, 0.717) is 25.9 Å². The topological polar surface area (TPSA) is 95.9 Å². The molecule has 0 saturated carbocycles. The van der Waals surface area contributed by atoms with Gasteiger partial charge in [-0.1, -0.05) is 198 Å². The third kappa shape index (κ3) is 45.4. The maximum Gasteiger partial charge on any atom is 0.305 e. The molecule has 0 spiro atoms. The van der Waals surface area contributed by atoms with E-state index < -0.39 is 12.1 Å². The van der Waals surface area contributed by atoms with Crippen molar-refractivity contribution in [1.82, 2.24) is 5.32 Å². The minimum atomic E-state index is -0.681. The van der Waals surface area contributed by atoms with Crippen molar-refractivity contribution in [1.29, 1.82) is 0 Å². The first-order chi connectivity index (χ1) is 29.0. The smallest absolute Gasteiger partial charge is 0.305 e. The lowest BCUT2D eigenvalue weighted by atomic mass is 10.0. The molecule has 1 amide bonds. The van der Waals surface area contributed by atoms with Gasteiger partial charge in [-0.3, -0.25) is 9.59 Å². The van der Waals surface area contributed by atoms with Crippen LogP contribution in [0.15, 0.2) is 36.5 Å². The van der Waals surface area contributed by atoms with Gasteiger partial charge >= 0.3 is 5.97 Å². The molecule has 0 aliphatic rings. The van der Waals surface area contributed by atoms with E-state index in [1.807, 2.05) is 0 Å². The molecule has 0 rings (SSSR count). The summed E-state index contributed by atoms with van der Waals surface area (Å²) in [5.41, 5.74) is 0. The van der Waals surface area contributed by atoms with E-state index in [-0.39, 0.29) is 18.5 Å². The molecule has 0 saturated heterocycles. The second-order valence-corrected chi connectivity index (χ2v) is 17.5. The van der Waals surface area contributed by atoms with Crippen LogP contribution in [0.2, 0.25) is 0 Å². The lowest BCUT2D eigenvalue weighted by Gasteiger charge is -2.22. The molecule has 59 heavy (non-hydrogen) atoms. The van der Waals surface area contributed by atoms with Crippen molar-refractivity contribution >= 4 is 11.9 Å². The van der Waals surface area contributed by atoms with Gasteiger partial charge in [0.05, 0.1) is 25.4 Å². The van der Waals surface area contributed by atoms with Gasteiger partial charge in [0.25, 0.3) is 0 Å². The summed E-state index contributed by atoms with van der Waals surface area (Å²) in [6, 6.07) is -0.561. The Morgan fingerprint density at radius 1 is 0.475 bits per heavy atom. The molecule has 2 unspecified atom stereocenters. The van der Waals surface area contributed by atoms with E-state index in [1.165, 1.54) is 141 Å². The quantitative estimate of drug-likeness (QED) is 0.0323. The first-order valence-corrected chi connectivity index (χ1v) is 25.7. The summed E-state index contributed by atoms with van der Waals surface area (Å²) in [4.78, 5) is 24.5. The maximum absolute atomic E-state index is 12.4. The Balaban J connectivity index is 3.52. The zero-order valence-electron chi connectivity index (χ0n) is 39.2. The van der Waals surface area contributed by atoms with Crippen LogP contribution < -0.4 is 5.32 Å². The monoisotopic (exact) mass is 830 g/mol. The minimum Gasteiger partial charge on any atom is -0.466 e. The molecule has 0 aliphatic carbocycles. The van der Waals surface area contributed by atoms with E-state index in [4.69, 9.17) is 4.74 Å². The average Bonchev–Trinajstić information content (AvgIpc) is 3.24. The molecule has 0 aromatic carbocycles. The molecule has 0 aromatic rings. The fourth-order valence-electron chi connectivity index (χ4n) is 7.66. The largest absolute Gasteiger partial charge is 0.466 e. The van der Waals surface area contributed by atoms with Gasteiger partial charge < -0.3 is 20.3 Å². The lowest BCUT2D eigenvalue weighted by molar-refractivity contribution is -0.143. The molecule has 346 valence electrons. The van der Waals surface area contributed by atoms with Gasteiger partial charge in [0, 0.05) is 12.8 Å². The number of aliphatic hydroxyl groups excluding tert-OH is 2. The van der Waals surface area contributed by atoms with Gasteiger partial charge in [-0.25, -0.2) is 0 Å². The molecule has 6 nitrogen and oxygen atoms in total. The number of hydrogen-bond donors (Lipinski definition) is 3. The first kappa shape index (κ1) is 57.1. The molecule has 2 atom stereocenters. The lowest BCUT2D eigenvalue weighted by Crippen LogP contribution is -2.45. The van der Waals surface area contributed by atoms with Crippen molar-refractivity contribution in [3.8, 4) is 0 Å². The molecule has 0 aromatic heterocycles. The Bertz CT molecular complexity index is 962. The number of allylic oxidation sites excluding steroid dienone is 6. The third-order valence-electron chi connectivity index (χ3n) is 11.7. The summed E-state index contributed by atoms with van der Waals surface area (Å²) in [7, 11) is 0. The van der Waals surface area contributed by atoms with E-state index in [9.17, 15) is 19.8 Å². The van der Waals surface area contributed by atoms with E-state index in [2.05, 4.69) is 55.6 Å². The van der Waals surface area contributed by atoms with Crippen LogP contribution in [-0.4, -0.2) is 47.4 Å². The third-order valence-corrected chi connectivity index (χ3v) is 11.7. The molecule has 6 heteroatoms. The maximum atomic E-state index is 12.4. The Morgan fingerprint density at radius 2 is 0.847 bits per heavy atom. The number of carbonyl (C=O) groups excluding carboxylic acids is 2. The summed E-state index contributed by atoms with van der Waals surface area (Å²) >= 11 is 0. The molecule has 3 N–H and O–H groups in total. The molecule has 0 fully saturated rings. The summed E-state index contributed by atoms with van der Waals surface area (Å²) in [5.74, 6) is -0.0989. The standard InChI is InChI=1S/C53H99NO5/c1-3-5-7-9-11-13-15-17-19-20-22-27-31-35-39-43-47-53(58)59-48-44-40-36-32-28-24-23-26-30-34-38-42-46-52(57)54-50(49-55)51(56)45-41-37-33-29-25-21-18-16-14-12-10-8-6-4-2/h13,15,19-20,24,28,50-51,55-56H,3-12,14,16-18,21-23,25-27,29-49H2,1-2H3,(H,54,57)/b15-13-,20-19-,28-24-. The summed E-state index contributed by atoms with van der Waals surface area (Å²) in [6.07, 6.45) is 58.2. The molecular formula is C53H99NO5. The summed E-state index contributed by atoms with van der Waals surface area (Å²) in [5, 5.41) is 23.2. The number of amides is 1. The fraction of sp³-hybridized carbons (Fsp3) is 0.849. The number of rotatable bonds is 47. The second kappa shape index (κ2) is 48.7. The minimum absolute atomic E-state index is 0.0366. The highest BCUT2D eigenvalue weighted by Crippen LogP contribution is 2.16. The first-order valence-electron chi connectivity index (χ1n) is 25.7. The number of carbonyl (C=O) groups is 2. The van der Waals surface area contributed by atoms with Crippen molar-refractivity contribution in [3.05, 3.63) is 36.5 Å². The zero-order chi connectivity index (χ0) is 43.0. The van der Waals surface area contributed by atoms with Crippen molar-refractivity contribution < 1.29 is 24.5 Å². The van der Waals surface area contributed by atoms with Crippen LogP contribution in [0.3, 0.4) is 0 Å². The Kier molecular flexibility index (Phi) is 47.2. The molecule has 0 aliphatic heterocycles. The van der Waals surface area contributed by atoms with Crippen LogP contribution in [0.5, 0.6) is 0 Å². The van der Waals surface area contributed by atoms with Crippen LogP contribution in [0.25, 0.3) is 0 Å². The number of aliphatic hydroxyl groups is 2. The average molecular weight is 830 g/mol. The van der Waals surface area contributed by atoms with E-state index >= 15 is 0 Å². The van der Waals surface area contributed by atoms with Crippen molar-refractivity contribution in [2.45, 2.75) is 276 Å². The van der Waals surface area contributed by atoms with E-state index in [0.717, 1.165) is 89.9 Å². The normalized spacial score (nSPS) is 12.9. The summed E-state index contributed by atoms with van der Waals surface area (Å²) < 4.78 is 5.44. The van der Waals surface area contributed by atoms with Crippen LogP contribution in [-0.2, 0) is 14.3 Å². The van der Waals surface area contributed by atoms with Gasteiger partial charge in [0.2, 0.25) is 5.91 Å². The number of ether oxygens (including phenoxy) is 1. The molecule has 0 bridgehead atoms. The van der Waals surface area contributed by atoms with Crippen LogP contribution >= 0.6 is 0 Å². The van der Waals surface area contributed by atoms with Crippen molar-refractivity contribution in [2.75, 3.05) is 13.2 Å². The van der Waals surface area contributed by atoms with Crippen LogP contribution in [0.1, 0.15) is 264 Å². The molecule has 0 radical (unpaired) electrons. The Labute approximate surface area is 366 Å². The predicted molar refractivity (Wildman–Crippen MR) is 255 cm³/mol. The predicted octanol–water partition coefficient (Wildman–Crippen LogP) is 15.3. The van der Waals surface area contributed by atoms with Crippen LogP contribution in [0.4, 0.5) is 0 Å². The highest BCUT2D eigenvalue weighted by Gasteiger charge is 2.20. The second-order valence-electron chi connectivity index (χ2n) is 17.5. The van der Waals surface area contributed by atoms with E-state index in [1.54, 1.807) is 0 Å². The molecular weight excluding hydrogens is 731 g/mol. The zero-order valence-corrected chi connectivity index (χ0v) is 39.2. The van der Waals surface area contributed by atoms with Crippen molar-refractivity contribution in [2.24, 2.45) is 0 Å². The van der Waals surface area contributed by atoms with Crippen LogP contribution in [0, 0.1) is 0 Å². The SMILES string of the molecule is CCCCCC/C=C\C/C=C\CCCCCCCC(=O)OCCCCC/C=C\CCCCCCCC(=O)NC(CO)C(O)CCCCCCCCCCCCCCCC. The Hall–Kier alpha value is -1.92.